The van der Waals surface area contributed by atoms with E-state index in [1.54, 1.807) is 29.9 Å². The molecule has 0 saturated carbocycles. The second kappa shape index (κ2) is 44.8. The minimum atomic E-state index is 0. The number of benzene rings is 6. The van der Waals surface area contributed by atoms with Gasteiger partial charge in [-0.2, -0.15) is 0 Å². The molecule has 6 nitrogen and oxygen atoms in total. The normalized spacial score (nSPS) is 9.56. The molecule has 0 N–H and O–H groups in total. The van der Waals surface area contributed by atoms with Crippen LogP contribution in [0, 0.1) is 36.4 Å². The van der Waals surface area contributed by atoms with E-state index in [9.17, 15) is 0 Å². The molecule has 0 saturated heterocycles. The number of pyridine rings is 6. The maximum atomic E-state index is 4.32. The van der Waals surface area contributed by atoms with E-state index in [4.69, 9.17) is 0 Å². The molecule has 13 aromatic rings. The van der Waals surface area contributed by atoms with Gasteiger partial charge in [-0.15, -0.1) is 202 Å². The Labute approximate surface area is 598 Å². The summed E-state index contributed by atoms with van der Waals surface area (Å²) >= 11 is 1.73. The molecule has 12 heteroatoms. The fraction of sp³-hybridized carbons (Fsp3) is 0.117. The second-order valence-corrected chi connectivity index (χ2v) is 20.0. The monoisotopic (exact) mass is 2070 g/mol. The van der Waals surface area contributed by atoms with E-state index >= 15 is 0 Å². The molecule has 0 atom stereocenters. The number of thiophene rings is 1. The van der Waals surface area contributed by atoms with Crippen molar-refractivity contribution in [2.75, 3.05) is 0 Å². The van der Waals surface area contributed by atoms with E-state index in [1.165, 1.54) is 46.0 Å². The summed E-state index contributed by atoms with van der Waals surface area (Å²) in [4.78, 5) is 26.7. The number of fused-ring (bicyclic) bond motifs is 1. The van der Waals surface area contributed by atoms with Crippen LogP contribution in [0.4, 0.5) is 0 Å². The zero-order valence-corrected chi connectivity index (χ0v) is 62.3. The SMILES string of the molecule is CCCCc1c[c-]c(-c2ccccn2)cc1.CCCc1c[c-]c(-c2ccccn2)cc1.CCc1c[c-]c(-c2ccccn2)cc1.[Ir].[Ir].[Ir].[Ir].[Ir].[c-]1c(-c2ccccn2)sc2ccccc12.[c-]1ccccc1-c1ccccn1.[c-]1ccccc1-c1ccccn1. The second-order valence-electron chi connectivity index (χ2n) is 18.9. The first kappa shape index (κ1) is 76.7. The van der Waals surface area contributed by atoms with E-state index in [2.05, 4.69) is 154 Å². The summed E-state index contributed by atoms with van der Waals surface area (Å²) in [6, 6.07) is 97.7. The van der Waals surface area contributed by atoms with Gasteiger partial charge in [0.2, 0.25) is 0 Å². The van der Waals surface area contributed by atoms with Crippen LogP contribution in [0.25, 0.3) is 76.9 Å². The van der Waals surface area contributed by atoms with Gasteiger partial charge >= 0.3 is 0 Å². The van der Waals surface area contributed by atoms with Gasteiger partial charge in [0.15, 0.2) is 0 Å². The van der Waals surface area contributed by atoms with Gasteiger partial charge < -0.3 is 29.9 Å². The number of rotatable bonds is 12. The third-order valence-corrected chi connectivity index (χ3v) is 13.9. The number of hydrogen-bond acceptors (Lipinski definition) is 7. The molecular formula is C77H66Ir5N6S-6. The first-order valence-electron chi connectivity index (χ1n) is 28.4. The molecular weight excluding hydrogens is 2000 g/mol. The molecule has 0 bridgehead atoms. The number of aryl methyl sites for hydroxylation is 3. The quantitative estimate of drug-likeness (QED) is 0.113. The molecule has 0 spiro atoms. The Morgan fingerprint density at radius 2 is 0.663 bits per heavy atom. The van der Waals surface area contributed by atoms with Crippen LogP contribution in [0.5, 0.6) is 0 Å². The Kier molecular flexibility index (Phi) is 38.6. The van der Waals surface area contributed by atoms with Gasteiger partial charge in [-0.05, 0) is 74.4 Å². The standard InChI is InChI=1S/C15H16N.C14H14N.C13H8NS.C13H12N.2C11H8N.5Ir/c1-2-3-6-13-8-10-14(11-9-13)15-7-4-5-12-16-15;1-2-5-12-7-9-13(10-8-12)14-6-3-4-11-15-14;1-2-7-12-10(5-1)9-13(15-12)11-6-3-4-8-14-11;1-2-11-6-8-12(9-7-11)13-5-3-4-10-14-13;2*1-2-6-10(7-3-1)11-8-4-5-9-12-11;;;;;/h4-5,7-10,12H,2-3,6H2,1H3;3-4,6-9,11H,2,5H2,1H3;1-8H;3-8,10H,2H2,1H3;2*1-6,8-9H;;;;;/q6*-1;;;;;. The van der Waals surface area contributed by atoms with Crippen LogP contribution in [0.2, 0.25) is 0 Å². The third kappa shape index (κ3) is 26.4. The molecule has 7 heterocycles. The predicted octanol–water partition coefficient (Wildman–Crippen LogP) is 19.4. The number of nitrogens with zero attached hydrogens (tertiary/aromatic N) is 6. The van der Waals surface area contributed by atoms with Gasteiger partial charge in [-0.25, -0.2) is 11.3 Å². The Bertz CT molecular complexity index is 3640. The van der Waals surface area contributed by atoms with Crippen molar-refractivity contribution in [2.24, 2.45) is 0 Å². The molecule has 0 unspecified atom stereocenters. The van der Waals surface area contributed by atoms with Crippen molar-refractivity contribution in [1.29, 1.82) is 0 Å². The summed E-state index contributed by atoms with van der Waals surface area (Å²) in [5.41, 5.74) is 15.2. The Balaban J connectivity index is 0.000000277. The summed E-state index contributed by atoms with van der Waals surface area (Å²) in [5, 5.41) is 1.17. The van der Waals surface area contributed by atoms with Gasteiger partial charge in [-0.1, -0.05) is 144 Å². The first-order chi connectivity index (χ1) is 41.6. The molecule has 0 aliphatic rings. The maximum absolute atomic E-state index is 4.32. The summed E-state index contributed by atoms with van der Waals surface area (Å²) in [6.07, 6.45) is 17.8. The summed E-state index contributed by atoms with van der Waals surface area (Å²) < 4.78 is 1.26. The van der Waals surface area contributed by atoms with Crippen molar-refractivity contribution in [3.05, 3.63) is 327 Å². The molecule has 13 rings (SSSR count). The molecule has 5 radical (unpaired) electrons. The van der Waals surface area contributed by atoms with Crippen LogP contribution in [-0.2, 0) is 120 Å². The fourth-order valence-corrected chi connectivity index (χ4v) is 9.28. The minimum absolute atomic E-state index is 0. The average Bonchev–Trinajstić information content (AvgIpc) is 3.53. The van der Waals surface area contributed by atoms with Gasteiger partial charge in [0, 0.05) is 143 Å². The predicted molar refractivity (Wildman–Crippen MR) is 348 cm³/mol. The molecule has 0 aliphatic carbocycles. The molecule has 6 aromatic carbocycles. The fourth-order valence-electron chi connectivity index (χ4n) is 8.30. The molecule has 0 fully saturated rings. The van der Waals surface area contributed by atoms with E-state index in [1.807, 2.05) is 188 Å². The molecule has 89 heavy (non-hydrogen) atoms. The van der Waals surface area contributed by atoms with E-state index < -0.39 is 0 Å². The zero-order chi connectivity index (χ0) is 58.1. The number of aromatic nitrogens is 6. The van der Waals surface area contributed by atoms with E-state index in [0.29, 0.717) is 0 Å². The largest absolute Gasteiger partial charge is 0.305 e. The van der Waals surface area contributed by atoms with Crippen LogP contribution in [0.3, 0.4) is 0 Å². The molecule has 0 amide bonds. The van der Waals surface area contributed by atoms with Gasteiger partial charge in [0.1, 0.15) is 0 Å². The average molecular weight is 2070 g/mol. The van der Waals surface area contributed by atoms with Gasteiger partial charge in [-0.3, -0.25) is 0 Å². The summed E-state index contributed by atoms with van der Waals surface area (Å²) in [6.45, 7) is 6.54. The van der Waals surface area contributed by atoms with Crippen LogP contribution < -0.4 is 0 Å². The van der Waals surface area contributed by atoms with Crippen LogP contribution in [0.15, 0.2) is 274 Å². The van der Waals surface area contributed by atoms with Gasteiger partial charge in [0.25, 0.3) is 0 Å². The smallest absolute Gasteiger partial charge is 0.0161 e. The third-order valence-electron chi connectivity index (χ3n) is 12.8. The Hall–Kier alpha value is -6.57. The van der Waals surface area contributed by atoms with E-state index in [-0.39, 0.29) is 101 Å². The number of hydrogen-bond donors (Lipinski definition) is 0. The Morgan fingerprint density at radius 1 is 0.315 bits per heavy atom. The minimum Gasteiger partial charge on any atom is -0.305 e. The first-order valence-corrected chi connectivity index (χ1v) is 29.2. The van der Waals surface area contributed by atoms with Crippen molar-refractivity contribution in [1.82, 2.24) is 29.9 Å². The molecule has 7 aromatic heterocycles. The maximum Gasteiger partial charge on any atom is 0.0161 e. The van der Waals surface area contributed by atoms with E-state index in [0.717, 1.165) is 86.1 Å². The molecule has 461 valence electrons. The molecule has 0 aliphatic heterocycles. The summed E-state index contributed by atoms with van der Waals surface area (Å²) in [5.74, 6) is 0. The van der Waals surface area contributed by atoms with Crippen LogP contribution >= 0.6 is 11.3 Å². The van der Waals surface area contributed by atoms with Crippen molar-refractivity contribution >= 4 is 21.4 Å². The number of unbranched alkanes of at least 4 members (excludes halogenated alkanes) is 1. The van der Waals surface area contributed by atoms with Crippen molar-refractivity contribution in [3.8, 4) is 66.9 Å². The Morgan fingerprint density at radius 3 is 0.978 bits per heavy atom. The van der Waals surface area contributed by atoms with Gasteiger partial charge in [0.05, 0.1) is 0 Å². The zero-order valence-electron chi connectivity index (χ0n) is 49.5. The van der Waals surface area contributed by atoms with Crippen molar-refractivity contribution < 1.29 is 101 Å². The van der Waals surface area contributed by atoms with Crippen molar-refractivity contribution in [2.45, 2.75) is 59.3 Å². The summed E-state index contributed by atoms with van der Waals surface area (Å²) in [7, 11) is 0. The van der Waals surface area contributed by atoms with Crippen molar-refractivity contribution in [3.63, 3.8) is 0 Å². The topological polar surface area (TPSA) is 77.3 Å². The van der Waals surface area contributed by atoms with Crippen LogP contribution in [0.1, 0.15) is 56.7 Å². The van der Waals surface area contributed by atoms with Crippen LogP contribution in [-0.4, -0.2) is 29.9 Å².